The molecule has 0 bridgehead atoms. The van der Waals surface area contributed by atoms with Gasteiger partial charge in [0.05, 0.1) is 6.61 Å². The SMILES string of the molecule is C=CCC(CCCC)C(=C=C(CCC1CCCCC1)C1CCCCC1)COS(=O)(=O)C(F)(F)S(=O)(=O)O. The minimum atomic E-state index is -6.21. The summed E-state index contributed by atoms with van der Waals surface area (Å²) in [7, 11) is -12.2. The molecule has 0 saturated heterocycles. The Morgan fingerprint density at radius 2 is 1.68 bits per heavy atom. The Labute approximate surface area is 222 Å². The molecule has 1 atom stereocenters. The van der Waals surface area contributed by atoms with Crippen LogP contribution in [-0.4, -0.2) is 32.6 Å². The molecule has 2 fully saturated rings. The first-order valence-electron chi connectivity index (χ1n) is 13.8. The second-order valence-corrected chi connectivity index (χ2v) is 13.9. The van der Waals surface area contributed by atoms with Crippen LogP contribution in [0, 0.1) is 17.8 Å². The van der Waals surface area contributed by atoms with Gasteiger partial charge in [-0.25, -0.2) is 0 Å². The number of allylic oxidation sites excluding steroid dienone is 1. The van der Waals surface area contributed by atoms with Crippen molar-refractivity contribution in [3.63, 3.8) is 0 Å². The van der Waals surface area contributed by atoms with E-state index in [9.17, 15) is 25.6 Å². The Balaban J connectivity index is 2.47. The van der Waals surface area contributed by atoms with Crippen LogP contribution in [-0.2, 0) is 24.4 Å². The van der Waals surface area contributed by atoms with Crippen molar-refractivity contribution in [3.8, 4) is 0 Å². The van der Waals surface area contributed by atoms with E-state index in [1.165, 1.54) is 38.5 Å². The first-order chi connectivity index (χ1) is 17.4. The predicted octanol–water partition coefficient (Wildman–Crippen LogP) is 7.55. The molecular formula is C27H44F2O6S2. The molecule has 37 heavy (non-hydrogen) atoms. The highest BCUT2D eigenvalue weighted by Crippen LogP contribution is 2.36. The highest BCUT2D eigenvalue weighted by molar-refractivity contribution is 8.05. The number of hydrogen-bond donors (Lipinski definition) is 1. The molecule has 0 amide bonds. The van der Waals surface area contributed by atoms with Crippen LogP contribution in [0.3, 0.4) is 0 Å². The smallest absolute Gasteiger partial charge is 0.280 e. The van der Waals surface area contributed by atoms with Crippen molar-refractivity contribution >= 4 is 20.2 Å². The van der Waals surface area contributed by atoms with Crippen molar-refractivity contribution in [2.24, 2.45) is 17.8 Å². The number of unbranched alkanes of at least 4 members (excludes halogenated alkanes) is 1. The largest absolute Gasteiger partial charge is 0.496 e. The number of rotatable bonds is 15. The van der Waals surface area contributed by atoms with E-state index in [0.29, 0.717) is 30.3 Å². The van der Waals surface area contributed by atoms with Crippen molar-refractivity contribution in [2.75, 3.05) is 6.61 Å². The van der Waals surface area contributed by atoms with Gasteiger partial charge < -0.3 is 0 Å². The van der Waals surface area contributed by atoms with Crippen molar-refractivity contribution in [1.82, 2.24) is 0 Å². The van der Waals surface area contributed by atoms with Crippen LogP contribution in [0.1, 0.15) is 110 Å². The number of halogens is 2. The van der Waals surface area contributed by atoms with Gasteiger partial charge in [0.2, 0.25) is 0 Å². The van der Waals surface area contributed by atoms with Crippen molar-refractivity contribution in [1.29, 1.82) is 0 Å². The van der Waals surface area contributed by atoms with E-state index >= 15 is 0 Å². The van der Waals surface area contributed by atoms with Gasteiger partial charge in [0.25, 0.3) is 0 Å². The fourth-order valence-corrected chi connectivity index (χ4v) is 7.14. The zero-order valence-corrected chi connectivity index (χ0v) is 23.7. The van der Waals surface area contributed by atoms with Crippen molar-refractivity contribution < 1.29 is 34.4 Å². The van der Waals surface area contributed by atoms with Gasteiger partial charge in [0.1, 0.15) is 0 Å². The Kier molecular flexibility index (Phi) is 13.0. The predicted molar refractivity (Wildman–Crippen MR) is 142 cm³/mol. The molecule has 2 aliphatic carbocycles. The summed E-state index contributed by atoms with van der Waals surface area (Å²) >= 11 is 0. The molecule has 10 heteroatoms. The highest BCUT2D eigenvalue weighted by atomic mass is 32.3. The molecule has 0 radical (unpaired) electrons. The van der Waals surface area contributed by atoms with Crippen LogP contribution in [0.5, 0.6) is 0 Å². The van der Waals surface area contributed by atoms with Gasteiger partial charge in [-0.3, -0.25) is 8.74 Å². The molecule has 1 N–H and O–H groups in total. The van der Waals surface area contributed by atoms with Crippen LogP contribution in [0.2, 0.25) is 0 Å². The first-order valence-corrected chi connectivity index (χ1v) is 16.6. The van der Waals surface area contributed by atoms with Crippen LogP contribution in [0.25, 0.3) is 0 Å². The maximum absolute atomic E-state index is 14.0. The zero-order valence-electron chi connectivity index (χ0n) is 22.1. The second-order valence-electron chi connectivity index (χ2n) is 10.6. The molecule has 0 aromatic carbocycles. The summed E-state index contributed by atoms with van der Waals surface area (Å²) in [5.41, 5.74) is 4.99. The molecule has 0 aliphatic heterocycles. The van der Waals surface area contributed by atoms with E-state index in [0.717, 1.165) is 56.9 Å². The van der Waals surface area contributed by atoms with Gasteiger partial charge in [0, 0.05) is 5.57 Å². The van der Waals surface area contributed by atoms with E-state index in [1.807, 2.05) is 6.92 Å². The first kappa shape index (κ1) is 32.2. The summed E-state index contributed by atoms with van der Waals surface area (Å²) in [5, 5.41) is 0. The van der Waals surface area contributed by atoms with Crippen LogP contribution in [0.15, 0.2) is 29.5 Å². The van der Waals surface area contributed by atoms with Crippen molar-refractivity contribution in [3.05, 3.63) is 29.5 Å². The molecule has 2 aliphatic rings. The summed E-state index contributed by atoms with van der Waals surface area (Å²) in [4.78, 5) is 0. The average Bonchev–Trinajstić information content (AvgIpc) is 2.86. The van der Waals surface area contributed by atoms with Gasteiger partial charge in [0.15, 0.2) is 0 Å². The molecule has 214 valence electrons. The van der Waals surface area contributed by atoms with E-state index < -0.39 is 31.4 Å². The van der Waals surface area contributed by atoms with Crippen LogP contribution in [0.4, 0.5) is 8.78 Å². The molecule has 0 aromatic rings. The zero-order chi connectivity index (χ0) is 27.5. The van der Waals surface area contributed by atoms with Gasteiger partial charge in [-0.2, -0.15) is 25.6 Å². The highest BCUT2D eigenvalue weighted by Gasteiger charge is 2.59. The summed E-state index contributed by atoms with van der Waals surface area (Å²) < 4.78 is 82.3. The quantitative estimate of drug-likeness (QED) is 0.0951. The summed E-state index contributed by atoms with van der Waals surface area (Å²) in [6.07, 6.45) is 18.0. The lowest BCUT2D eigenvalue weighted by molar-refractivity contribution is 0.143. The van der Waals surface area contributed by atoms with E-state index in [-0.39, 0.29) is 5.92 Å². The minimum absolute atomic E-state index is 0.222. The number of alkyl halides is 2. The van der Waals surface area contributed by atoms with Gasteiger partial charge in [-0.05, 0) is 61.9 Å². The van der Waals surface area contributed by atoms with E-state index in [2.05, 4.69) is 16.5 Å². The molecule has 2 saturated carbocycles. The van der Waals surface area contributed by atoms with E-state index in [4.69, 9.17) is 4.55 Å². The second kappa shape index (κ2) is 14.9. The molecule has 0 heterocycles. The Hall–Kier alpha value is -1.06. The van der Waals surface area contributed by atoms with Gasteiger partial charge in [-0.1, -0.05) is 77.2 Å². The fourth-order valence-electron chi connectivity index (χ4n) is 5.54. The van der Waals surface area contributed by atoms with Crippen LogP contribution < -0.4 is 0 Å². The Morgan fingerprint density at radius 3 is 2.22 bits per heavy atom. The molecule has 6 nitrogen and oxygen atoms in total. The normalized spacial score (nSPS) is 19.2. The van der Waals surface area contributed by atoms with Crippen LogP contribution >= 0.6 is 0 Å². The Morgan fingerprint density at radius 1 is 1.08 bits per heavy atom. The van der Waals surface area contributed by atoms with E-state index in [1.54, 1.807) is 6.08 Å². The van der Waals surface area contributed by atoms with Crippen molar-refractivity contribution in [2.45, 2.75) is 114 Å². The third-order valence-electron chi connectivity index (χ3n) is 7.78. The van der Waals surface area contributed by atoms with Gasteiger partial charge >= 0.3 is 24.8 Å². The monoisotopic (exact) mass is 566 g/mol. The maximum Gasteiger partial charge on any atom is 0.496 e. The molecular weight excluding hydrogens is 522 g/mol. The summed E-state index contributed by atoms with van der Waals surface area (Å²) in [6.45, 7) is 5.08. The average molecular weight is 567 g/mol. The lowest BCUT2D eigenvalue weighted by Gasteiger charge is -2.27. The molecule has 0 aromatic heterocycles. The lowest BCUT2D eigenvalue weighted by atomic mass is 9.78. The summed E-state index contributed by atoms with van der Waals surface area (Å²) in [6, 6.07) is 0. The molecule has 2 rings (SSSR count). The molecule has 0 spiro atoms. The Bertz CT molecular complexity index is 1000. The third kappa shape index (κ3) is 9.57. The third-order valence-corrected chi connectivity index (χ3v) is 10.6. The molecule has 1 unspecified atom stereocenters. The summed E-state index contributed by atoms with van der Waals surface area (Å²) in [5.74, 6) is 0.728. The lowest BCUT2D eigenvalue weighted by Crippen LogP contribution is -2.39. The van der Waals surface area contributed by atoms with Gasteiger partial charge in [-0.15, -0.1) is 12.3 Å². The minimum Gasteiger partial charge on any atom is -0.280 e. The fraction of sp³-hybridized carbons (Fsp3) is 0.815. The maximum atomic E-state index is 14.0. The topological polar surface area (TPSA) is 97.7 Å². The standard InChI is InChI=1S/C27H44F2O6S2/c1-3-5-15-23(12-4-2)26(21-35-37(33,34)27(28,29)36(30,31)32)20-25(24-16-10-7-11-17-24)19-18-22-13-8-6-9-14-22/h4,22-24H,2-3,5-19,21H2,1H3,(H,30,31,32). The number of hydrogen-bond acceptors (Lipinski definition) is 5.